The summed E-state index contributed by atoms with van der Waals surface area (Å²) in [5.74, 6) is 0.647. The number of carbonyl (C=O) groups excluding carboxylic acids is 1. The molecule has 98 valence electrons. The lowest BCUT2D eigenvalue weighted by molar-refractivity contribution is 0.103. The van der Waals surface area contributed by atoms with Crippen molar-refractivity contribution >= 4 is 33.3 Å². The maximum atomic E-state index is 12.3. The molecule has 4 heteroatoms. The number of ketones is 1. The van der Waals surface area contributed by atoms with Crippen LogP contribution in [-0.4, -0.2) is 12.4 Å². The fourth-order valence-corrected chi connectivity index (χ4v) is 2.28. The minimum atomic E-state index is -0.102. The van der Waals surface area contributed by atoms with E-state index in [2.05, 4.69) is 15.9 Å². The minimum Gasteiger partial charge on any atom is -0.494 e. The number of hydrogen-bond acceptors (Lipinski definition) is 2. The summed E-state index contributed by atoms with van der Waals surface area (Å²) < 4.78 is 6.06. The molecule has 0 radical (unpaired) electrons. The molecular formula is C15H12BrClO2. The summed E-state index contributed by atoms with van der Waals surface area (Å²) in [7, 11) is 0. The lowest BCUT2D eigenvalue weighted by atomic mass is 10.0. The monoisotopic (exact) mass is 338 g/mol. The second-order valence-electron chi connectivity index (χ2n) is 3.89. The van der Waals surface area contributed by atoms with Crippen molar-refractivity contribution < 1.29 is 9.53 Å². The summed E-state index contributed by atoms with van der Waals surface area (Å²) >= 11 is 9.44. The predicted molar refractivity (Wildman–Crippen MR) is 80.2 cm³/mol. The van der Waals surface area contributed by atoms with Crippen LogP contribution in [0, 0.1) is 0 Å². The first-order chi connectivity index (χ1) is 9.13. The molecule has 0 aliphatic carbocycles. The molecule has 0 aliphatic rings. The molecule has 0 unspecified atom stereocenters. The fourth-order valence-electron chi connectivity index (χ4n) is 1.70. The molecule has 0 N–H and O–H groups in total. The van der Waals surface area contributed by atoms with Gasteiger partial charge in [0.15, 0.2) is 5.78 Å². The zero-order valence-corrected chi connectivity index (χ0v) is 12.7. The first-order valence-electron chi connectivity index (χ1n) is 5.85. The molecule has 2 rings (SSSR count). The average Bonchev–Trinajstić information content (AvgIpc) is 2.42. The smallest absolute Gasteiger partial charge is 0.194 e. The van der Waals surface area contributed by atoms with Crippen molar-refractivity contribution in [1.82, 2.24) is 0 Å². The van der Waals surface area contributed by atoms with Crippen molar-refractivity contribution in [3.8, 4) is 5.75 Å². The van der Waals surface area contributed by atoms with Crippen LogP contribution in [0.4, 0.5) is 0 Å². The van der Waals surface area contributed by atoms with E-state index in [9.17, 15) is 4.79 Å². The third kappa shape index (κ3) is 3.17. The van der Waals surface area contributed by atoms with E-state index >= 15 is 0 Å². The summed E-state index contributed by atoms with van der Waals surface area (Å²) in [6.45, 7) is 2.52. The molecule has 2 nitrogen and oxygen atoms in total. The van der Waals surface area contributed by atoms with Gasteiger partial charge in [0.2, 0.25) is 0 Å². The van der Waals surface area contributed by atoms with E-state index in [1.54, 1.807) is 42.5 Å². The number of rotatable bonds is 4. The van der Waals surface area contributed by atoms with E-state index < -0.39 is 0 Å². The van der Waals surface area contributed by atoms with E-state index in [0.29, 0.717) is 27.2 Å². The molecule has 0 fully saturated rings. The van der Waals surface area contributed by atoms with Gasteiger partial charge in [0.05, 0.1) is 11.6 Å². The summed E-state index contributed by atoms with van der Waals surface area (Å²) in [6.07, 6.45) is 0. The molecule has 0 saturated heterocycles. The molecule has 0 heterocycles. The maximum absolute atomic E-state index is 12.3. The standard InChI is InChI=1S/C15H12BrClO2/c1-2-19-11-8-6-10(7-9-11)15(18)12-4-3-5-13(16)14(12)17/h3-9H,2H2,1H3. The number of halogens is 2. The molecule has 0 spiro atoms. The Morgan fingerprint density at radius 2 is 1.89 bits per heavy atom. The molecular weight excluding hydrogens is 328 g/mol. The van der Waals surface area contributed by atoms with Crippen molar-refractivity contribution in [1.29, 1.82) is 0 Å². The van der Waals surface area contributed by atoms with E-state index in [-0.39, 0.29) is 5.78 Å². The van der Waals surface area contributed by atoms with Gasteiger partial charge in [-0.2, -0.15) is 0 Å². The van der Waals surface area contributed by atoms with Gasteiger partial charge >= 0.3 is 0 Å². The van der Waals surface area contributed by atoms with Crippen LogP contribution in [0.1, 0.15) is 22.8 Å². The van der Waals surface area contributed by atoms with Gasteiger partial charge in [0, 0.05) is 15.6 Å². The van der Waals surface area contributed by atoms with Crippen LogP contribution in [0.25, 0.3) is 0 Å². The Labute approximate surface area is 125 Å². The van der Waals surface area contributed by atoms with Crippen LogP contribution in [0.3, 0.4) is 0 Å². The molecule has 0 bridgehead atoms. The van der Waals surface area contributed by atoms with Crippen molar-refractivity contribution in [2.75, 3.05) is 6.61 Å². The molecule has 19 heavy (non-hydrogen) atoms. The fraction of sp³-hybridized carbons (Fsp3) is 0.133. The van der Waals surface area contributed by atoms with Gasteiger partial charge in [-0.3, -0.25) is 4.79 Å². The highest BCUT2D eigenvalue weighted by Gasteiger charge is 2.14. The van der Waals surface area contributed by atoms with Crippen molar-refractivity contribution in [3.63, 3.8) is 0 Å². The van der Waals surface area contributed by atoms with Crippen LogP contribution in [-0.2, 0) is 0 Å². The van der Waals surface area contributed by atoms with Crippen LogP contribution in [0.15, 0.2) is 46.9 Å². The molecule has 0 saturated carbocycles. The highest BCUT2D eigenvalue weighted by Crippen LogP contribution is 2.28. The van der Waals surface area contributed by atoms with Crippen LogP contribution in [0.2, 0.25) is 5.02 Å². The highest BCUT2D eigenvalue weighted by atomic mass is 79.9. The highest BCUT2D eigenvalue weighted by molar-refractivity contribution is 9.10. The van der Waals surface area contributed by atoms with Crippen molar-refractivity contribution in [2.45, 2.75) is 6.92 Å². The largest absolute Gasteiger partial charge is 0.494 e. The Hall–Kier alpha value is -1.32. The summed E-state index contributed by atoms with van der Waals surface area (Å²) in [6, 6.07) is 12.3. The second-order valence-corrected chi connectivity index (χ2v) is 5.12. The zero-order valence-electron chi connectivity index (χ0n) is 10.3. The summed E-state index contributed by atoms with van der Waals surface area (Å²) in [5.41, 5.74) is 1.07. The third-order valence-electron chi connectivity index (χ3n) is 2.62. The normalized spacial score (nSPS) is 10.3. The molecule has 0 amide bonds. The first-order valence-corrected chi connectivity index (χ1v) is 7.02. The maximum Gasteiger partial charge on any atom is 0.194 e. The molecule has 0 aliphatic heterocycles. The first kappa shape index (κ1) is 14.1. The van der Waals surface area contributed by atoms with Crippen molar-refractivity contribution in [2.24, 2.45) is 0 Å². The third-order valence-corrected chi connectivity index (χ3v) is 3.92. The summed E-state index contributed by atoms with van der Waals surface area (Å²) in [4.78, 5) is 12.3. The zero-order chi connectivity index (χ0) is 13.8. The van der Waals surface area contributed by atoms with Gasteiger partial charge in [0.25, 0.3) is 0 Å². The molecule has 2 aromatic carbocycles. The van der Waals surface area contributed by atoms with Gasteiger partial charge < -0.3 is 4.74 Å². The van der Waals surface area contributed by atoms with Gasteiger partial charge in [-0.25, -0.2) is 0 Å². The van der Waals surface area contributed by atoms with Crippen LogP contribution in [0.5, 0.6) is 5.75 Å². The Balaban J connectivity index is 2.31. The van der Waals surface area contributed by atoms with Crippen molar-refractivity contribution in [3.05, 3.63) is 63.1 Å². The summed E-state index contributed by atoms with van der Waals surface area (Å²) in [5, 5.41) is 0.432. The molecule has 2 aromatic rings. The number of hydrogen-bond donors (Lipinski definition) is 0. The average molecular weight is 340 g/mol. The van der Waals surface area contributed by atoms with Crippen LogP contribution < -0.4 is 4.74 Å². The Morgan fingerprint density at radius 3 is 2.53 bits per heavy atom. The topological polar surface area (TPSA) is 26.3 Å². The quantitative estimate of drug-likeness (QED) is 0.753. The van der Waals surface area contributed by atoms with Crippen LogP contribution >= 0.6 is 27.5 Å². The van der Waals surface area contributed by atoms with E-state index in [0.717, 1.165) is 5.75 Å². The minimum absolute atomic E-state index is 0.102. The van der Waals surface area contributed by atoms with Gasteiger partial charge in [0.1, 0.15) is 5.75 Å². The predicted octanol–water partition coefficient (Wildman–Crippen LogP) is 4.73. The molecule has 0 aromatic heterocycles. The van der Waals surface area contributed by atoms with E-state index in [1.165, 1.54) is 0 Å². The molecule has 0 atom stereocenters. The van der Waals surface area contributed by atoms with Gasteiger partial charge in [-0.1, -0.05) is 17.7 Å². The second kappa shape index (κ2) is 6.22. The Bertz CT molecular complexity index is 594. The van der Waals surface area contributed by atoms with E-state index in [4.69, 9.17) is 16.3 Å². The van der Waals surface area contributed by atoms with Gasteiger partial charge in [-0.15, -0.1) is 0 Å². The Kier molecular flexibility index (Phi) is 4.61. The lowest BCUT2D eigenvalue weighted by Crippen LogP contribution is -2.02. The Morgan fingerprint density at radius 1 is 1.21 bits per heavy atom. The van der Waals surface area contributed by atoms with E-state index in [1.807, 2.05) is 6.92 Å². The SMILES string of the molecule is CCOc1ccc(C(=O)c2cccc(Br)c2Cl)cc1. The number of carbonyl (C=O) groups is 1. The number of ether oxygens (including phenoxy) is 1. The van der Waals surface area contributed by atoms with Gasteiger partial charge in [-0.05, 0) is 59.3 Å². The lowest BCUT2D eigenvalue weighted by Gasteiger charge is -2.07. The number of benzene rings is 2.